The molecule has 0 radical (unpaired) electrons. The first-order valence-corrected chi connectivity index (χ1v) is 8.23. The number of carbonyl (C=O) groups excluding carboxylic acids is 2. The van der Waals surface area contributed by atoms with Gasteiger partial charge in [0.25, 0.3) is 5.91 Å². The van der Waals surface area contributed by atoms with Crippen LogP contribution in [0.1, 0.15) is 6.92 Å². The molecule has 1 aromatic carbocycles. The van der Waals surface area contributed by atoms with Crippen molar-refractivity contribution < 1.29 is 9.59 Å². The zero-order valence-electron chi connectivity index (χ0n) is 10.8. The molecule has 1 aromatic rings. The Bertz CT molecular complexity index is 523. The SMILES string of the molecule is CSC(SC)=C(C(C)=O)C(=O)Nc1ccccc1Cl. The van der Waals surface area contributed by atoms with Gasteiger partial charge >= 0.3 is 0 Å². The van der Waals surface area contributed by atoms with Crippen LogP contribution in [0.15, 0.2) is 34.1 Å². The molecule has 0 bridgehead atoms. The number of Topliss-reactive ketones (excluding diaryl/α,β-unsaturated/α-hetero) is 1. The van der Waals surface area contributed by atoms with E-state index in [1.807, 2.05) is 12.5 Å². The van der Waals surface area contributed by atoms with Gasteiger partial charge in [-0.15, -0.1) is 23.5 Å². The molecule has 0 fully saturated rings. The van der Waals surface area contributed by atoms with Crippen LogP contribution in [0.25, 0.3) is 0 Å². The molecule has 0 spiro atoms. The zero-order valence-corrected chi connectivity index (χ0v) is 13.2. The fraction of sp³-hybridized carbons (Fsp3) is 0.231. The lowest BCUT2D eigenvalue weighted by Gasteiger charge is -2.11. The molecule has 0 saturated heterocycles. The summed E-state index contributed by atoms with van der Waals surface area (Å²) in [5.74, 6) is -0.692. The van der Waals surface area contributed by atoms with Gasteiger partial charge in [0.05, 0.1) is 14.9 Å². The number of hydrogen-bond acceptors (Lipinski definition) is 4. The highest BCUT2D eigenvalue weighted by Crippen LogP contribution is 2.29. The number of para-hydroxylation sites is 1. The molecule has 102 valence electrons. The number of ketones is 1. The Kier molecular flexibility index (Phi) is 6.48. The third kappa shape index (κ3) is 4.30. The van der Waals surface area contributed by atoms with Crippen LogP contribution in [0.4, 0.5) is 5.69 Å². The van der Waals surface area contributed by atoms with Crippen molar-refractivity contribution in [3.8, 4) is 0 Å². The number of halogens is 1. The van der Waals surface area contributed by atoms with Gasteiger partial charge < -0.3 is 5.32 Å². The summed E-state index contributed by atoms with van der Waals surface area (Å²) in [4.78, 5) is 23.8. The maximum Gasteiger partial charge on any atom is 0.260 e. The average molecular weight is 316 g/mol. The van der Waals surface area contributed by atoms with Crippen molar-refractivity contribution in [1.29, 1.82) is 0 Å². The molecule has 0 aliphatic carbocycles. The molecule has 0 atom stereocenters. The van der Waals surface area contributed by atoms with E-state index in [1.54, 1.807) is 24.3 Å². The van der Waals surface area contributed by atoms with Crippen LogP contribution in [0.2, 0.25) is 5.02 Å². The first-order valence-electron chi connectivity index (χ1n) is 5.40. The predicted octanol–water partition coefficient (Wildman–Crippen LogP) is 3.81. The topological polar surface area (TPSA) is 46.2 Å². The molecule has 0 aromatic heterocycles. The Balaban J connectivity index is 3.07. The van der Waals surface area contributed by atoms with Gasteiger partial charge in [-0.1, -0.05) is 23.7 Å². The minimum atomic E-state index is -0.431. The van der Waals surface area contributed by atoms with Gasteiger partial charge in [0.1, 0.15) is 5.57 Å². The second-order valence-corrected chi connectivity index (χ2v) is 5.86. The lowest BCUT2D eigenvalue weighted by Crippen LogP contribution is -2.20. The Hall–Kier alpha value is -0.910. The highest BCUT2D eigenvalue weighted by Gasteiger charge is 2.20. The molecular weight excluding hydrogens is 302 g/mol. The fourth-order valence-electron chi connectivity index (χ4n) is 1.43. The first-order chi connectivity index (χ1) is 9.01. The lowest BCUT2D eigenvalue weighted by molar-refractivity contribution is -0.118. The molecule has 19 heavy (non-hydrogen) atoms. The molecule has 1 rings (SSSR count). The van der Waals surface area contributed by atoms with Gasteiger partial charge in [-0.05, 0) is 31.6 Å². The molecule has 0 aliphatic rings. The van der Waals surface area contributed by atoms with Crippen LogP contribution in [0.3, 0.4) is 0 Å². The van der Waals surface area contributed by atoms with Gasteiger partial charge in [0.15, 0.2) is 5.78 Å². The molecule has 0 aliphatic heterocycles. The van der Waals surface area contributed by atoms with E-state index >= 15 is 0 Å². The molecule has 6 heteroatoms. The van der Waals surface area contributed by atoms with Crippen molar-refractivity contribution >= 4 is 52.5 Å². The van der Waals surface area contributed by atoms with E-state index in [2.05, 4.69) is 5.32 Å². The Morgan fingerprint density at radius 2 is 1.74 bits per heavy atom. The standard InChI is InChI=1S/C13H14ClNO2S2/c1-8(16)11(13(18-2)19-3)12(17)15-10-7-5-4-6-9(10)14/h4-7H,1-3H3,(H,15,17). The number of rotatable bonds is 5. The summed E-state index contributed by atoms with van der Waals surface area (Å²) in [6.07, 6.45) is 3.66. The summed E-state index contributed by atoms with van der Waals surface area (Å²) in [6, 6.07) is 6.91. The van der Waals surface area contributed by atoms with Crippen LogP contribution >= 0.6 is 35.1 Å². The highest BCUT2D eigenvalue weighted by atomic mass is 35.5. The normalized spacial score (nSPS) is 9.89. The summed E-state index contributed by atoms with van der Waals surface area (Å²) < 4.78 is 0.692. The number of benzene rings is 1. The summed E-state index contributed by atoms with van der Waals surface area (Å²) >= 11 is 8.73. The minimum absolute atomic E-state index is 0.167. The Morgan fingerprint density at radius 1 is 1.16 bits per heavy atom. The lowest BCUT2D eigenvalue weighted by atomic mass is 10.2. The molecule has 0 heterocycles. The number of nitrogens with one attached hydrogen (secondary N) is 1. The van der Waals surface area contributed by atoms with Gasteiger partial charge in [0, 0.05) is 0 Å². The van der Waals surface area contributed by atoms with E-state index in [0.717, 1.165) is 0 Å². The third-order valence-electron chi connectivity index (χ3n) is 2.28. The van der Waals surface area contributed by atoms with Crippen LogP contribution in [-0.4, -0.2) is 24.2 Å². The molecule has 0 saturated carbocycles. The monoisotopic (exact) mass is 315 g/mol. The average Bonchev–Trinajstić information content (AvgIpc) is 2.37. The van der Waals surface area contributed by atoms with E-state index in [9.17, 15) is 9.59 Å². The minimum Gasteiger partial charge on any atom is -0.320 e. The smallest absolute Gasteiger partial charge is 0.260 e. The quantitative estimate of drug-likeness (QED) is 0.510. The first kappa shape index (κ1) is 16.1. The second kappa shape index (κ2) is 7.62. The zero-order chi connectivity index (χ0) is 14.4. The van der Waals surface area contributed by atoms with Crippen molar-refractivity contribution in [3.63, 3.8) is 0 Å². The third-order valence-corrected chi connectivity index (χ3v) is 4.76. The summed E-state index contributed by atoms with van der Waals surface area (Å²) in [6.45, 7) is 1.38. The van der Waals surface area contributed by atoms with Crippen molar-refractivity contribution in [2.45, 2.75) is 6.92 Å². The fourth-order valence-corrected chi connectivity index (χ4v) is 3.16. The van der Waals surface area contributed by atoms with E-state index in [0.29, 0.717) is 14.9 Å². The van der Waals surface area contributed by atoms with Gasteiger partial charge in [-0.3, -0.25) is 9.59 Å². The Morgan fingerprint density at radius 3 is 2.21 bits per heavy atom. The summed E-state index contributed by atoms with van der Waals surface area (Å²) in [5.41, 5.74) is 0.661. The molecule has 1 amide bonds. The van der Waals surface area contributed by atoms with Crippen molar-refractivity contribution in [2.75, 3.05) is 17.8 Å². The molecular formula is C13H14ClNO2S2. The molecule has 1 N–H and O–H groups in total. The second-order valence-electron chi connectivity index (χ2n) is 3.56. The number of carbonyl (C=O) groups is 2. The van der Waals surface area contributed by atoms with Crippen LogP contribution in [0, 0.1) is 0 Å². The van der Waals surface area contributed by atoms with Crippen LogP contribution in [-0.2, 0) is 9.59 Å². The van der Waals surface area contributed by atoms with E-state index in [4.69, 9.17) is 11.6 Å². The van der Waals surface area contributed by atoms with Crippen molar-refractivity contribution in [3.05, 3.63) is 39.1 Å². The van der Waals surface area contributed by atoms with E-state index < -0.39 is 5.91 Å². The summed E-state index contributed by atoms with van der Waals surface area (Å²) in [5, 5.41) is 3.10. The van der Waals surface area contributed by atoms with Crippen molar-refractivity contribution in [2.24, 2.45) is 0 Å². The van der Waals surface area contributed by atoms with Crippen LogP contribution in [0.5, 0.6) is 0 Å². The maximum absolute atomic E-state index is 12.2. The van der Waals surface area contributed by atoms with Gasteiger partial charge in [0.2, 0.25) is 0 Å². The maximum atomic E-state index is 12.2. The number of hydrogen-bond donors (Lipinski definition) is 1. The van der Waals surface area contributed by atoms with Gasteiger partial charge in [-0.2, -0.15) is 0 Å². The number of thioether (sulfide) groups is 2. The van der Waals surface area contributed by atoms with E-state index in [1.165, 1.54) is 30.4 Å². The van der Waals surface area contributed by atoms with Crippen molar-refractivity contribution in [1.82, 2.24) is 0 Å². The number of amides is 1. The number of anilines is 1. The van der Waals surface area contributed by atoms with E-state index in [-0.39, 0.29) is 11.4 Å². The Labute approximate surface area is 126 Å². The summed E-state index contributed by atoms with van der Waals surface area (Å²) in [7, 11) is 0. The molecule has 0 unspecified atom stereocenters. The van der Waals surface area contributed by atoms with Gasteiger partial charge in [-0.25, -0.2) is 0 Å². The highest BCUT2D eigenvalue weighted by molar-refractivity contribution is 8.21. The predicted molar refractivity (Wildman–Crippen MR) is 84.8 cm³/mol. The van der Waals surface area contributed by atoms with Crippen LogP contribution < -0.4 is 5.32 Å². The molecule has 3 nitrogen and oxygen atoms in total. The largest absolute Gasteiger partial charge is 0.320 e.